The fraction of sp³-hybridized carbons (Fsp3) is 0.600. The van der Waals surface area contributed by atoms with Gasteiger partial charge >= 0.3 is 0 Å². The molecule has 0 aromatic heterocycles. The fourth-order valence-electron chi connectivity index (χ4n) is 4.55. The molecule has 2 saturated heterocycles. The van der Waals surface area contributed by atoms with Gasteiger partial charge in [0.15, 0.2) is 0 Å². The molecule has 3 aliphatic heterocycles. The highest BCUT2D eigenvalue weighted by molar-refractivity contribution is 6.01. The summed E-state index contributed by atoms with van der Waals surface area (Å²) in [5.41, 5.74) is 1.78. The maximum Gasteiger partial charge on any atom is 0.255 e. The van der Waals surface area contributed by atoms with Gasteiger partial charge in [-0.15, -0.1) is 0 Å². The van der Waals surface area contributed by atoms with Crippen molar-refractivity contribution < 1.29 is 14.3 Å². The van der Waals surface area contributed by atoms with Gasteiger partial charge in [0, 0.05) is 31.8 Å². The SMILES string of the molecule is CC[C@H](C(=O)N1CCC2(CCCO2)CC1)N1Cc2ccccc2C1=O. The molecule has 134 valence electrons. The van der Waals surface area contributed by atoms with Crippen molar-refractivity contribution in [2.45, 2.75) is 57.2 Å². The lowest BCUT2D eigenvalue weighted by molar-refractivity contribution is -0.141. The summed E-state index contributed by atoms with van der Waals surface area (Å²) in [7, 11) is 0. The number of likely N-dealkylation sites (tertiary alicyclic amines) is 1. The molecule has 1 aromatic carbocycles. The average Bonchev–Trinajstić information content (AvgIpc) is 3.22. The van der Waals surface area contributed by atoms with Crippen molar-refractivity contribution in [1.82, 2.24) is 9.80 Å². The molecule has 0 N–H and O–H groups in total. The van der Waals surface area contributed by atoms with Crippen molar-refractivity contribution in [2.75, 3.05) is 19.7 Å². The van der Waals surface area contributed by atoms with Crippen LogP contribution >= 0.6 is 0 Å². The number of amides is 2. The highest BCUT2D eigenvalue weighted by atomic mass is 16.5. The number of fused-ring (bicyclic) bond motifs is 1. The van der Waals surface area contributed by atoms with E-state index < -0.39 is 0 Å². The zero-order chi connectivity index (χ0) is 17.4. The van der Waals surface area contributed by atoms with Crippen LogP contribution in [0.1, 0.15) is 54.9 Å². The van der Waals surface area contributed by atoms with Crippen molar-refractivity contribution in [3.05, 3.63) is 35.4 Å². The van der Waals surface area contributed by atoms with Crippen molar-refractivity contribution in [1.29, 1.82) is 0 Å². The number of carbonyl (C=O) groups excluding carboxylic acids is 2. The van der Waals surface area contributed by atoms with E-state index in [0.29, 0.717) is 13.0 Å². The first-order chi connectivity index (χ1) is 12.1. The standard InChI is InChI=1S/C20H26N2O3/c1-2-17(22-14-15-6-3-4-7-16(15)18(22)23)19(24)21-11-9-20(10-12-21)8-5-13-25-20/h3-4,6-7,17H,2,5,8-14H2,1H3/t17-/m1/s1. The largest absolute Gasteiger partial charge is 0.375 e. The van der Waals surface area contributed by atoms with Crippen molar-refractivity contribution in [3.8, 4) is 0 Å². The summed E-state index contributed by atoms with van der Waals surface area (Å²) in [5, 5.41) is 0. The van der Waals surface area contributed by atoms with Gasteiger partial charge in [0.05, 0.1) is 5.60 Å². The van der Waals surface area contributed by atoms with E-state index in [0.717, 1.165) is 56.5 Å². The monoisotopic (exact) mass is 342 g/mol. The van der Waals surface area contributed by atoms with Gasteiger partial charge in [-0.25, -0.2) is 0 Å². The van der Waals surface area contributed by atoms with E-state index >= 15 is 0 Å². The van der Waals surface area contributed by atoms with E-state index in [4.69, 9.17) is 4.74 Å². The molecule has 0 saturated carbocycles. The van der Waals surface area contributed by atoms with Gasteiger partial charge in [-0.05, 0) is 43.7 Å². The first-order valence-corrected chi connectivity index (χ1v) is 9.45. The molecular formula is C20H26N2O3. The number of hydrogen-bond acceptors (Lipinski definition) is 3. The Morgan fingerprint density at radius 1 is 1.24 bits per heavy atom. The van der Waals surface area contributed by atoms with E-state index in [9.17, 15) is 9.59 Å². The Hall–Kier alpha value is -1.88. The van der Waals surface area contributed by atoms with E-state index in [1.807, 2.05) is 36.1 Å². The molecule has 1 atom stereocenters. The highest BCUT2D eigenvalue weighted by Gasteiger charge is 2.42. The van der Waals surface area contributed by atoms with E-state index in [2.05, 4.69) is 0 Å². The van der Waals surface area contributed by atoms with Crippen LogP contribution in [-0.4, -0.2) is 53.0 Å². The molecule has 5 heteroatoms. The van der Waals surface area contributed by atoms with Crippen molar-refractivity contribution >= 4 is 11.8 Å². The smallest absolute Gasteiger partial charge is 0.255 e. The van der Waals surface area contributed by atoms with E-state index in [1.165, 1.54) is 0 Å². The van der Waals surface area contributed by atoms with Gasteiger partial charge in [0.1, 0.15) is 6.04 Å². The van der Waals surface area contributed by atoms with Crippen LogP contribution in [0.5, 0.6) is 0 Å². The number of hydrogen-bond donors (Lipinski definition) is 0. The minimum absolute atomic E-state index is 0.0107. The maximum absolute atomic E-state index is 13.1. The second kappa shape index (κ2) is 6.45. The molecule has 0 radical (unpaired) electrons. The molecule has 2 amide bonds. The molecule has 3 aliphatic rings. The molecule has 3 heterocycles. The molecule has 25 heavy (non-hydrogen) atoms. The normalized spacial score (nSPS) is 23.2. The summed E-state index contributed by atoms with van der Waals surface area (Å²) < 4.78 is 5.95. The molecule has 1 aromatic rings. The van der Waals surface area contributed by atoms with Crippen LogP contribution in [0.4, 0.5) is 0 Å². The van der Waals surface area contributed by atoms with Crippen LogP contribution in [0.25, 0.3) is 0 Å². The number of piperidine rings is 1. The lowest BCUT2D eigenvalue weighted by atomic mass is 9.88. The quantitative estimate of drug-likeness (QED) is 0.848. The Morgan fingerprint density at radius 3 is 2.64 bits per heavy atom. The summed E-state index contributed by atoms with van der Waals surface area (Å²) in [4.78, 5) is 29.5. The predicted molar refractivity (Wildman–Crippen MR) is 94.1 cm³/mol. The summed E-state index contributed by atoms with van der Waals surface area (Å²) >= 11 is 0. The predicted octanol–water partition coefficient (Wildman–Crippen LogP) is 2.59. The molecular weight excluding hydrogens is 316 g/mol. The van der Waals surface area contributed by atoms with E-state index in [-0.39, 0.29) is 23.5 Å². The Kier molecular flexibility index (Phi) is 4.28. The summed E-state index contributed by atoms with van der Waals surface area (Å²) in [6, 6.07) is 7.31. The third kappa shape index (κ3) is 2.84. The van der Waals surface area contributed by atoms with Crippen LogP contribution in [0.2, 0.25) is 0 Å². The Labute approximate surface area is 148 Å². The van der Waals surface area contributed by atoms with Crippen LogP contribution in [0, 0.1) is 0 Å². The van der Waals surface area contributed by atoms with Gasteiger partial charge in [0.25, 0.3) is 5.91 Å². The number of ether oxygens (including phenoxy) is 1. The number of benzene rings is 1. The van der Waals surface area contributed by atoms with Gasteiger partial charge < -0.3 is 14.5 Å². The van der Waals surface area contributed by atoms with Crippen LogP contribution < -0.4 is 0 Å². The van der Waals surface area contributed by atoms with Crippen molar-refractivity contribution in [3.63, 3.8) is 0 Å². The summed E-state index contributed by atoms with van der Waals surface area (Å²) in [5.74, 6) is 0.0832. The molecule has 1 spiro atoms. The molecule has 0 bridgehead atoms. The minimum atomic E-state index is -0.363. The molecule has 4 rings (SSSR count). The lowest BCUT2D eigenvalue weighted by Gasteiger charge is -2.40. The number of nitrogens with zero attached hydrogens (tertiary/aromatic N) is 2. The lowest BCUT2D eigenvalue weighted by Crippen LogP contribution is -2.53. The molecule has 0 unspecified atom stereocenters. The first kappa shape index (κ1) is 16.6. The second-order valence-electron chi connectivity index (χ2n) is 7.47. The number of rotatable bonds is 3. The summed E-state index contributed by atoms with van der Waals surface area (Å²) in [6.45, 7) is 4.87. The fourth-order valence-corrected chi connectivity index (χ4v) is 4.55. The zero-order valence-corrected chi connectivity index (χ0v) is 14.9. The zero-order valence-electron chi connectivity index (χ0n) is 14.9. The third-order valence-electron chi connectivity index (χ3n) is 6.07. The second-order valence-corrected chi connectivity index (χ2v) is 7.47. The number of carbonyl (C=O) groups is 2. The minimum Gasteiger partial charge on any atom is -0.375 e. The molecule has 0 aliphatic carbocycles. The van der Waals surface area contributed by atoms with Crippen molar-refractivity contribution in [2.24, 2.45) is 0 Å². The topological polar surface area (TPSA) is 49.9 Å². The molecule has 5 nitrogen and oxygen atoms in total. The van der Waals surface area contributed by atoms with Gasteiger partial charge in [-0.1, -0.05) is 25.1 Å². The Morgan fingerprint density at radius 2 is 2.00 bits per heavy atom. The summed E-state index contributed by atoms with van der Waals surface area (Å²) in [6.07, 6.45) is 4.74. The van der Waals surface area contributed by atoms with E-state index in [1.54, 1.807) is 4.90 Å². The average molecular weight is 342 g/mol. The van der Waals surface area contributed by atoms with Crippen LogP contribution in [-0.2, 0) is 16.1 Å². The Balaban J connectivity index is 1.45. The molecule has 2 fully saturated rings. The third-order valence-corrected chi connectivity index (χ3v) is 6.07. The van der Waals surface area contributed by atoms with Gasteiger partial charge in [-0.3, -0.25) is 9.59 Å². The van der Waals surface area contributed by atoms with Gasteiger partial charge in [0.2, 0.25) is 5.91 Å². The highest BCUT2D eigenvalue weighted by Crippen LogP contribution is 2.36. The van der Waals surface area contributed by atoms with Gasteiger partial charge in [-0.2, -0.15) is 0 Å². The Bertz CT molecular complexity index is 671. The van der Waals surface area contributed by atoms with Crippen LogP contribution in [0.15, 0.2) is 24.3 Å². The first-order valence-electron chi connectivity index (χ1n) is 9.45. The van der Waals surface area contributed by atoms with Crippen LogP contribution in [0.3, 0.4) is 0 Å². The maximum atomic E-state index is 13.1.